The standard InChI is InChI=1S/C22H32N4O4.C20H30N4O2.C17H24N4O2.C17H23N3O2.C12H15N3.C11H11N3.C8H6N2O/c1-15(26(16-8-9-16)21(29)30-22(2,3)4)18-13-25(12-6-11-23-19(28)14-27)20-17(18)7-5-10-24-20;1-14(24(15-8-9-15)19(25)26-20(2,3)4)17-13-23(12-6-10-21)18-16(17)7-5-11-22-18;1-12(20-13-5-6-13)15-10-21(9-3-8-18-16(23)11-22)17-14(15)4-2-7-19-17;1-11(14-10-19-15-13(14)6-5-9-18-15)20(12-7-8-12)16(21)22-17(2,3)4;1-8(15-9-4-5-9)11-7-14-12-10(11)3-2-6-13-12;1-2-10-8(6-13-9-3-4-9)7-14-11(10)12-5-1;11-5-6-4-10-8-7(6)2-1-3-9-8/h5,7,10,13,15-16,27H,6,8-9,11-12,14H2,1-4H3,(H,23,28);5,7,11,13-15H,6,8-10,12,21H2,1-4H3;2,4,7,10,12-13,20,22H,3,5-6,8-9,11H2,1H3,(H,18,23);5-6,9-12H,7-8H2,1-4H3,(H,18,19);2-3,6-9,15H,4-5H2,1H3,(H,13,14);1-2,5-7,9H,3-4H2,(H,12,14);1-5H,(H,9,10). The molecule has 6 fully saturated rings. The van der Waals surface area contributed by atoms with Crippen LogP contribution in [0.25, 0.3) is 77.2 Å². The average Bonchev–Trinajstić information content (AvgIpc) is 1.63. The summed E-state index contributed by atoms with van der Waals surface area (Å²) in [5.41, 5.74) is 18.1. The Morgan fingerprint density at radius 1 is 0.426 bits per heavy atom. The predicted octanol–water partition coefficient (Wildman–Crippen LogP) is 18.1. The highest BCUT2D eigenvalue weighted by atomic mass is 16.6. The fourth-order valence-corrected chi connectivity index (χ4v) is 17.2. The molecular formula is C107H141N23O11. The molecule has 6 saturated carbocycles. The number of hydrogen-bond donors (Lipinski definition) is 11. The molecule has 0 aromatic carbocycles. The van der Waals surface area contributed by atoms with Crippen LogP contribution in [0.4, 0.5) is 14.4 Å². The van der Waals surface area contributed by atoms with E-state index in [1.807, 2.05) is 182 Å². The van der Waals surface area contributed by atoms with E-state index in [1.165, 1.54) is 60.4 Å². The number of carbonyl (C=O) groups excluding carboxylic acids is 6. The maximum atomic E-state index is 12.9. The maximum Gasteiger partial charge on any atom is 0.411 e. The van der Waals surface area contributed by atoms with E-state index in [0.717, 1.165) is 165 Å². The van der Waals surface area contributed by atoms with Gasteiger partial charge >= 0.3 is 18.3 Å². The second-order valence-electron chi connectivity index (χ2n) is 40.2. The molecule has 750 valence electrons. The average molecular weight is 1930 g/mol. The molecule has 0 saturated heterocycles. The van der Waals surface area contributed by atoms with Crippen LogP contribution < -0.4 is 27.0 Å². The smallest absolute Gasteiger partial charge is 0.411 e. The summed E-state index contributed by atoms with van der Waals surface area (Å²) >= 11 is 0. The number of aldehydes is 1. The number of aryl methyl sites for hydroxylation is 3. The number of pyridine rings is 7. The largest absolute Gasteiger partial charge is 0.444 e. The second-order valence-corrected chi connectivity index (χ2v) is 40.2. The number of ether oxygens (including phenoxy) is 3. The van der Waals surface area contributed by atoms with E-state index in [0.29, 0.717) is 62.3 Å². The van der Waals surface area contributed by atoms with Gasteiger partial charge in [-0.1, -0.05) is 0 Å². The Kier molecular flexibility index (Phi) is 34.8. The number of rotatable bonds is 31. The lowest BCUT2D eigenvalue weighted by Crippen LogP contribution is -2.39. The Balaban J connectivity index is 0.000000133. The Hall–Kier alpha value is -13.3. The number of aliphatic hydroxyl groups excluding tert-OH is 2. The number of H-pyrrole nitrogens is 4. The van der Waals surface area contributed by atoms with Gasteiger partial charge in [0.1, 0.15) is 69.5 Å². The van der Waals surface area contributed by atoms with E-state index in [9.17, 15) is 28.8 Å². The molecule has 0 spiro atoms. The van der Waals surface area contributed by atoms with Crippen molar-refractivity contribution in [1.29, 1.82) is 0 Å². The quantitative estimate of drug-likeness (QED) is 0.00832. The Morgan fingerprint density at radius 3 is 1.11 bits per heavy atom. The first-order chi connectivity index (χ1) is 67.8. The summed E-state index contributed by atoms with van der Waals surface area (Å²) in [4.78, 5) is 124. The summed E-state index contributed by atoms with van der Waals surface area (Å²) in [6.07, 6.45) is 44.7. The van der Waals surface area contributed by atoms with Crippen molar-refractivity contribution in [3.8, 4) is 0 Å². The van der Waals surface area contributed by atoms with Gasteiger partial charge in [0, 0.05) is 234 Å². The summed E-state index contributed by atoms with van der Waals surface area (Å²) in [5, 5.41) is 37.7. The first-order valence-corrected chi connectivity index (χ1v) is 49.8. The highest BCUT2D eigenvalue weighted by Crippen LogP contribution is 2.43. The molecule has 0 bridgehead atoms. The molecular weight excluding hydrogens is 1780 g/mol. The number of carbonyl (C=O) groups is 6. The number of aromatic nitrogens is 14. The molecule has 6 aliphatic carbocycles. The van der Waals surface area contributed by atoms with Crippen LogP contribution >= 0.6 is 0 Å². The Bertz CT molecular complexity index is 6540. The van der Waals surface area contributed by atoms with Crippen LogP contribution in [0.15, 0.2) is 177 Å². The van der Waals surface area contributed by atoms with Crippen molar-refractivity contribution in [3.63, 3.8) is 0 Å². The first-order valence-electron chi connectivity index (χ1n) is 49.8. The van der Waals surface area contributed by atoms with Crippen LogP contribution in [-0.4, -0.2) is 222 Å². The van der Waals surface area contributed by atoms with Crippen molar-refractivity contribution in [1.82, 2.24) is 104 Å². The summed E-state index contributed by atoms with van der Waals surface area (Å²) < 4.78 is 23.3. The van der Waals surface area contributed by atoms with Gasteiger partial charge in [-0.25, -0.2) is 49.3 Å². The van der Waals surface area contributed by atoms with Gasteiger partial charge in [-0.05, 0) is 296 Å². The molecule has 5 amide bonds. The van der Waals surface area contributed by atoms with Gasteiger partial charge in [0.25, 0.3) is 0 Å². The van der Waals surface area contributed by atoms with E-state index in [4.69, 9.17) is 30.2 Å². The second kappa shape index (κ2) is 47.3. The lowest BCUT2D eigenvalue weighted by Gasteiger charge is -2.32. The summed E-state index contributed by atoms with van der Waals surface area (Å²) in [7, 11) is 0. The zero-order valence-corrected chi connectivity index (χ0v) is 83.8. The molecule has 6 aliphatic rings. The number of amides is 5. The van der Waals surface area contributed by atoms with E-state index >= 15 is 0 Å². The third-order valence-corrected chi connectivity index (χ3v) is 25.0. The summed E-state index contributed by atoms with van der Waals surface area (Å²) in [5.74, 6) is -0.708. The normalized spacial score (nSPS) is 15.7. The molecule has 14 aromatic heterocycles. The van der Waals surface area contributed by atoms with Gasteiger partial charge in [-0.2, -0.15) is 0 Å². The zero-order valence-electron chi connectivity index (χ0n) is 83.8. The van der Waals surface area contributed by atoms with Gasteiger partial charge in [-0.3, -0.25) is 34.1 Å². The summed E-state index contributed by atoms with van der Waals surface area (Å²) in [6.45, 7) is 30.6. The van der Waals surface area contributed by atoms with Gasteiger partial charge in [0.2, 0.25) is 11.8 Å². The topological polar surface area (TPSA) is 435 Å². The zero-order chi connectivity index (χ0) is 100. The van der Waals surface area contributed by atoms with Crippen molar-refractivity contribution in [2.24, 2.45) is 10.7 Å². The predicted molar refractivity (Wildman–Crippen MR) is 550 cm³/mol. The van der Waals surface area contributed by atoms with E-state index in [2.05, 4.69) is 172 Å². The fourth-order valence-electron chi connectivity index (χ4n) is 17.2. The molecule has 0 radical (unpaired) electrons. The minimum atomic E-state index is -0.543. The minimum absolute atomic E-state index is 0.0414. The highest BCUT2D eigenvalue weighted by Gasteiger charge is 2.43. The molecule has 34 nitrogen and oxygen atoms in total. The molecule has 5 unspecified atom stereocenters. The van der Waals surface area contributed by atoms with Crippen molar-refractivity contribution in [2.75, 3.05) is 32.8 Å². The van der Waals surface area contributed by atoms with Crippen LogP contribution in [0.5, 0.6) is 0 Å². The van der Waals surface area contributed by atoms with Crippen molar-refractivity contribution >= 4 is 120 Å². The number of aliphatic imine (C=N–C) groups is 1. The van der Waals surface area contributed by atoms with E-state index in [-0.39, 0.29) is 66.3 Å². The lowest BCUT2D eigenvalue weighted by molar-refractivity contribution is -0.124. The number of nitrogens with zero attached hydrogens (tertiary/aromatic N) is 14. The van der Waals surface area contributed by atoms with Crippen LogP contribution in [-0.2, 0) is 43.4 Å². The Labute approximate surface area is 823 Å². The van der Waals surface area contributed by atoms with Crippen LogP contribution in [0.1, 0.15) is 267 Å². The SMILES string of the molecule is C(=NC1CC1)c1c[nH]c2ncccc12.CC(NC1CC1)c1c[nH]c2ncccc12.CC(NC1CC1)c1cn(CCCNC(=O)CO)c2ncccc12.CC(c1c[nH]c2ncccc12)N(C(=O)OC(C)(C)C)C1CC1.CC(c1cn(CCCN)c2ncccc12)N(C(=O)OC(C)(C)C)C1CC1.CC(c1cn(CCCNC(=O)CO)c2ncccc12)N(C(=O)OC(C)(C)C)C1CC1.O=Cc1c[nH]c2ncccc12. The molecule has 20 rings (SSSR count). The molecule has 5 atom stereocenters. The number of hydrogen-bond acceptors (Lipinski definition) is 22. The van der Waals surface area contributed by atoms with Crippen LogP contribution in [0.3, 0.4) is 0 Å². The molecule has 34 heteroatoms. The molecule has 14 aromatic rings. The van der Waals surface area contributed by atoms with Crippen molar-refractivity contribution in [3.05, 3.63) is 211 Å². The summed E-state index contributed by atoms with van der Waals surface area (Å²) in [6, 6.07) is 31.0. The number of nitrogens with two attached hydrogens (primary N) is 1. The lowest BCUT2D eigenvalue weighted by atomic mass is 10.1. The van der Waals surface area contributed by atoms with E-state index in [1.54, 1.807) is 31.0 Å². The number of fused-ring (bicyclic) bond motifs is 7. The number of aliphatic hydroxyl groups is 2. The van der Waals surface area contributed by atoms with Crippen molar-refractivity contribution < 1.29 is 53.2 Å². The van der Waals surface area contributed by atoms with Crippen molar-refractivity contribution in [2.45, 2.75) is 296 Å². The monoisotopic (exact) mass is 1920 g/mol. The van der Waals surface area contributed by atoms with E-state index < -0.39 is 30.0 Å². The fraction of sp³-hybridized carbons (Fsp3) is 0.477. The third kappa shape index (κ3) is 28.8. The third-order valence-electron chi connectivity index (χ3n) is 25.0. The first kappa shape index (κ1) is 104. The highest BCUT2D eigenvalue weighted by molar-refractivity contribution is 5.98. The number of nitrogens with one attached hydrogen (secondary N) is 8. The maximum absolute atomic E-state index is 12.9. The van der Waals surface area contributed by atoms with Crippen LogP contribution in [0.2, 0.25) is 0 Å². The molecule has 141 heavy (non-hydrogen) atoms. The Morgan fingerprint density at radius 2 is 0.745 bits per heavy atom. The molecule has 12 N–H and O–H groups in total. The van der Waals surface area contributed by atoms with Gasteiger partial charge < -0.3 is 85.1 Å². The molecule has 14 heterocycles. The molecule has 0 aliphatic heterocycles. The van der Waals surface area contributed by atoms with Gasteiger partial charge in [0.15, 0.2) is 6.29 Å². The van der Waals surface area contributed by atoms with Crippen LogP contribution in [0, 0.1) is 0 Å². The number of aromatic amines is 4. The minimum Gasteiger partial charge on any atom is -0.444 e. The van der Waals surface area contributed by atoms with Gasteiger partial charge in [-0.15, -0.1) is 0 Å². The van der Waals surface area contributed by atoms with Gasteiger partial charge in [0.05, 0.1) is 24.2 Å².